The number of carbonyl (C=O) groups is 2. The maximum atomic E-state index is 14.3. The lowest BCUT2D eigenvalue weighted by Gasteiger charge is -2.14. The van der Waals surface area contributed by atoms with E-state index in [1.54, 1.807) is 13.0 Å². The molecule has 3 rings (SSSR count). The third-order valence-electron chi connectivity index (χ3n) is 4.50. The molecule has 0 saturated carbocycles. The van der Waals surface area contributed by atoms with Gasteiger partial charge in [0.1, 0.15) is 5.82 Å². The molecule has 10 nitrogen and oxygen atoms in total. The highest BCUT2D eigenvalue weighted by Gasteiger charge is 2.17. The molecule has 0 aliphatic rings. The van der Waals surface area contributed by atoms with Gasteiger partial charge in [0, 0.05) is 37.1 Å². The second-order valence-corrected chi connectivity index (χ2v) is 7.26. The number of amides is 3. The predicted octanol–water partition coefficient (Wildman–Crippen LogP) is 3.13. The Labute approximate surface area is 200 Å². The number of rotatable bonds is 9. The number of hydrogen-bond acceptors (Lipinski definition) is 7. The standard InChI is InChI=1S/C22H23ClFN7O3/c1-3-26-22(33)28-9-8-27-21(32)15-11-25-7-6-17(15)30-20-18(34-2)12-29-19(31-20)14-10-13(23)4-5-16(14)24/h4-7,10-12H,3,8-9H2,1-2H3,(H,27,32)(H2,26,28,33)(H,25,29,30,31). The van der Waals surface area contributed by atoms with Crippen molar-refractivity contribution in [2.45, 2.75) is 6.92 Å². The third kappa shape index (κ3) is 6.29. The first kappa shape index (κ1) is 24.6. The molecular weight excluding hydrogens is 465 g/mol. The molecule has 0 unspecified atom stereocenters. The minimum absolute atomic E-state index is 0.0831. The normalized spacial score (nSPS) is 10.4. The summed E-state index contributed by atoms with van der Waals surface area (Å²) in [6.07, 6.45) is 4.28. The van der Waals surface area contributed by atoms with Crippen LogP contribution in [0.2, 0.25) is 5.02 Å². The molecule has 2 aromatic heterocycles. The van der Waals surface area contributed by atoms with E-state index in [4.69, 9.17) is 16.3 Å². The summed E-state index contributed by atoms with van der Waals surface area (Å²) in [5, 5.41) is 11.3. The van der Waals surface area contributed by atoms with Crippen LogP contribution in [0.4, 0.5) is 20.7 Å². The molecule has 0 aliphatic heterocycles. The van der Waals surface area contributed by atoms with Gasteiger partial charge in [0.2, 0.25) is 0 Å². The number of hydrogen-bond donors (Lipinski definition) is 4. The lowest BCUT2D eigenvalue weighted by molar-refractivity contribution is 0.0954. The highest BCUT2D eigenvalue weighted by atomic mass is 35.5. The zero-order valence-electron chi connectivity index (χ0n) is 18.5. The number of nitrogens with zero attached hydrogens (tertiary/aromatic N) is 3. The van der Waals surface area contributed by atoms with Crippen LogP contribution in [0.5, 0.6) is 5.75 Å². The summed E-state index contributed by atoms with van der Waals surface area (Å²) in [5.74, 6) is -0.376. The van der Waals surface area contributed by atoms with Gasteiger partial charge < -0.3 is 26.0 Å². The maximum Gasteiger partial charge on any atom is 0.314 e. The lowest BCUT2D eigenvalue weighted by Crippen LogP contribution is -2.40. The fraction of sp³-hybridized carbons (Fsp3) is 0.227. The minimum atomic E-state index is -0.536. The molecular formula is C22H23ClFN7O3. The SMILES string of the molecule is CCNC(=O)NCCNC(=O)c1cnccc1Nc1nc(-c2cc(Cl)ccc2F)ncc1OC. The van der Waals surface area contributed by atoms with E-state index in [0.29, 0.717) is 17.3 Å². The molecule has 178 valence electrons. The maximum absolute atomic E-state index is 14.3. The van der Waals surface area contributed by atoms with Crippen molar-refractivity contribution >= 4 is 35.0 Å². The number of benzene rings is 1. The van der Waals surface area contributed by atoms with Gasteiger partial charge in [-0.25, -0.2) is 19.2 Å². The molecule has 3 aromatic rings. The molecule has 0 fully saturated rings. The number of pyridine rings is 1. The molecule has 12 heteroatoms. The summed E-state index contributed by atoms with van der Waals surface area (Å²) in [4.78, 5) is 36.7. The smallest absolute Gasteiger partial charge is 0.314 e. The van der Waals surface area contributed by atoms with Crippen LogP contribution in [0.15, 0.2) is 42.9 Å². The fourth-order valence-corrected chi connectivity index (χ4v) is 3.06. The van der Waals surface area contributed by atoms with Gasteiger partial charge in [0.05, 0.1) is 30.1 Å². The minimum Gasteiger partial charge on any atom is -0.491 e. The molecule has 2 heterocycles. The van der Waals surface area contributed by atoms with E-state index in [1.807, 2.05) is 0 Å². The van der Waals surface area contributed by atoms with Crippen molar-refractivity contribution in [2.75, 3.05) is 32.1 Å². The Balaban J connectivity index is 1.80. The highest BCUT2D eigenvalue weighted by Crippen LogP contribution is 2.30. The van der Waals surface area contributed by atoms with E-state index in [0.717, 1.165) is 0 Å². The van der Waals surface area contributed by atoms with Crippen molar-refractivity contribution in [2.24, 2.45) is 0 Å². The molecule has 0 bridgehead atoms. The Morgan fingerprint density at radius 3 is 2.68 bits per heavy atom. The first-order valence-corrected chi connectivity index (χ1v) is 10.7. The van der Waals surface area contributed by atoms with E-state index < -0.39 is 11.7 Å². The second kappa shape index (κ2) is 11.8. The first-order valence-electron chi connectivity index (χ1n) is 10.3. The number of methoxy groups -OCH3 is 1. The van der Waals surface area contributed by atoms with Crippen LogP contribution in [-0.4, -0.2) is 53.6 Å². The molecule has 1 aromatic carbocycles. The van der Waals surface area contributed by atoms with Gasteiger partial charge in [-0.3, -0.25) is 9.78 Å². The lowest BCUT2D eigenvalue weighted by atomic mass is 10.2. The van der Waals surface area contributed by atoms with Crippen LogP contribution in [0, 0.1) is 5.82 Å². The molecule has 0 spiro atoms. The van der Waals surface area contributed by atoms with Gasteiger partial charge in [0.25, 0.3) is 5.91 Å². The van der Waals surface area contributed by atoms with Crippen LogP contribution in [0.25, 0.3) is 11.4 Å². The summed E-state index contributed by atoms with van der Waals surface area (Å²) >= 11 is 5.99. The molecule has 0 aliphatic carbocycles. The van der Waals surface area contributed by atoms with Crippen molar-refractivity contribution in [3.63, 3.8) is 0 Å². The summed E-state index contributed by atoms with van der Waals surface area (Å²) in [5.41, 5.74) is 0.737. The Hall–Kier alpha value is -3.99. The van der Waals surface area contributed by atoms with Crippen LogP contribution in [0.3, 0.4) is 0 Å². The number of urea groups is 1. The fourth-order valence-electron chi connectivity index (χ4n) is 2.89. The van der Waals surface area contributed by atoms with E-state index in [1.165, 1.54) is 43.9 Å². The summed E-state index contributed by atoms with van der Waals surface area (Å²) < 4.78 is 19.6. The molecule has 0 atom stereocenters. The Kier molecular flexibility index (Phi) is 8.52. The van der Waals surface area contributed by atoms with E-state index in [2.05, 4.69) is 36.2 Å². The Morgan fingerprint density at radius 2 is 1.91 bits per heavy atom. The first-order chi connectivity index (χ1) is 16.4. The number of aromatic nitrogens is 3. The Morgan fingerprint density at radius 1 is 1.12 bits per heavy atom. The number of halogens is 2. The quantitative estimate of drug-likeness (QED) is 0.341. The average Bonchev–Trinajstić information content (AvgIpc) is 2.83. The highest BCUT2D eigenvalue weighted by molar-refractivity contribution is 6.30. The van der Waals surface area contributed by atoms with Crippen molar-refractivity contribution in [1.29, 1.82) is 0 Å². The van der Waals surface area contributed by atoms with Crippen molar-refractivity contribution in [3.8, 4) is 17.1 Å². The molecule has 0 saturated heterocycles. The number of anilines is 2. The van der Waals surface area contributed by atoms with Gasteiger partial charge in [0.15, 0.2) is 17.4 Å². The van der Waals surface area contributed by atoms with Gasteiger partial charge in [-0.2, -0.15) is 0 Å². The average molecular weight is 488 g/mol. The summed E-state index contributed by atoms with van der Waals surface area (Å²) in [6, 6.07) is 5.34. The van der Waals surface area contributed by atoms with Crippen molar-refractivity contribution in [1.82, 2.24) is 30.9 Å². The second-order valence-electron chi connectivity index (χ2n) is 6.82. The van der Waals surface area contributed by atoms with E-state index in [-0.39, 0.29) is 47.6 Å². The number of nitrogens with one attached hydrogen (secondary N) is 4. The summed E-state index contributed by atoms with van der Waals surface area (Å²) in [7, 11) is 1.44. The number of ether oxygens (including phenoxy) is 1. The number of carbonyl (C=O) groups excluding carboxylic acids is 2. The predicted molar refractivity (Wildman–Crippen MR) is 126 cm³/mol. The van der Waals surface area contributed by atoms with Crippen LogP contribution in [0.1, 0.15) is 17.3 Å². The zero-order chi connectivity index (χ0) is 24.5. The Bertz CT molecular complexity index is 1180. The van der Waals surface area contributed by atoms with Gasteiger partial charge in [-0.15, -0.1) is 0 Å². The van der Waals surface area contributed by atoms with Crippen LogP contribution < -0.4 is 26.0 Å². The van der Waals surface area contributed by atoms with Crippen LogP contribution in [-0.2, 0) is 0 Å². The van der Waals surface area contributed by atoms with E-state index in [9.17, 15) is 14.0 Å². The summed E-state index contributed by atoms with van der Waals surface area (Å²) in [6.45, 7) is 2.76. The van der Waals surface area contributed by atoms with Gasteiger partial charge in [-0.05, 0) is 31.2 Å². The van der Waals surface area contributed by atoms with E-state index >= 15 is 0 Å². The van der Waals surface area contributed by atoms with Gasteiger partial charge >= 0.3 is 6.03 Å². The van der Waals surface area contributed by atoms with Gasteiger partial charge in [-0.1, -0.05) is 11.6 Å². The zero-order valence-corrected chi connectivity index (χ0v) is 19.2. The largest absolute Gasteiger partial charge is 0.491 e. The third-order valence-corrected chi connectivity index (χ3v) is 4.73. The topological polar surface area (TPSA) is 130 Å². The molecule has 0 radical (unpaired) electrons. The van der Waals surface area contributed by atoms with Crippen LogP contribution >= 0.6 is 11.6 Å². The van der Waals surface area contributed by atoms with Crippen molar-refractivity contribution < 1.29 is 18.7 Å². The molecule has 4 N–H and O–H groups in total. The molecule has 34 heavy (non-hydrogen) atoms. The monoisotopic (exact) mass is 487 g/mol. The van der Waals surface area contributed by atoms with Crippen molar-refractivity contribution in [3.05, 3.63) is 59.3 Å². The molecule has 3 amide bonds.